The van der Waals surface area contributed by atoms with Crippen LogP contribution in [0, 0.1) is 11.8 Å². The Labute approximate surface area is 193 Å². The summed E-state index contributed by atoms with van der Waals surface area (Å²) in [6.45, 7) is 2.26. The molecule has 0 aliphatic carbocycles. The molecule has 31 heavy (non-hydrogen) atoms. The molecule has 9 heteroatoms. The lowest BCUT2D eigenvalue weighted by Gasteiger charge is -2.54. The summed E-state index contributed by atoms with van der Waals surface area (Å²) in [7, 11) is 0. The van der Waals surface area contributed by atoms with Gasteiger partial charge >= 0.3 is 0 Å². The minimum absolute atomic E-state index is 0. The van der Waals surface area contributed by atoms with Gasteiger partial charge in [-0.3, -0.25) is 14.6 Å². The van der Waals surface area contributed by atoms with Gasteiger partial charge < -0.3 is 20.6 Å². The number of carbonyl (C=O) groups excluding carboxylic acids is 2. The minimum atomic E-state index is -0.312. The van der Waals surface area contributed by atoms with Crippen LogP contribution in [0.5, 0.6) is 5.75 Å². The Bertz CT molecular complexity index is 973. The van der Waals surface area contributed by atoms with E-state index in [1.54, 1.807) is 30.6 Å². The highest BCUT2D eigenvalue weighted by Crippen LogP contribution is 2.39. The summed E-state index contributed by atoms with van der Waals surface area (Å²) in [6, 6.07) is 5.41. The molecule has 0 unspecified atom stereocenters. The average molecular weight is 467 g/mol. The number of amides is 2. The van der Waals surface area contributed by atoms with Gasteiger partial charge in [-0.2, -0.15) is 0 Å². The largest absolute Gasteiger partial charge is 0.506 e. The highest BCUT2D eigenvalue weighted by molar-refractivity contribution is 6.03. The van der Waals surface area contributed by atoms with E-state index < -0.39 is 0 Å². The first-order valence-corrected chi connectivity index (χ1v) is 10.5. The Balaban J connectivity index is 0.00000136. The van der Waals surface area contributed by atoms with E-state index >= 15 is 0 Å². The Hall–Kier alpha value is -2.09. The Kier molecular flexibility index (Phi) is 7.29. The number of phenolic OH excluding ortho intramolecular Hbond substituents is 1. The first-order chi connectivity index (χ1) is 14.1. The highest BCUT2D eigenvalue weighted by atomic mass is 35.5. The number of aromatic hydroxyl groups is 1. The van der Waals surface area contributed by atoms with Gasteiger partial charge in [-0.05, 0) is 49.8 Å². The molecule has 0 spiro atoms. The van der Waals surface area contributed by atoms with Crippen LogP contribution in [0.25, 0.3) is 10.8 Å². The van der Waals surface area contributed by atoms with E-state index in [0.717, 1.165) is 37.7 Å². The van der Waals surface area contributed by atoms with Gasteiger partial charge in [0.05, 0.1) is 11.6 Å². The third-order valence-electron chi connectivity index (χ3n) is 6.91. The fourth-order valence-corrected chi connectivity index (χ4v) is 5.53. The smallest absolute Gasteiger partial charge is 0.255 e. The highest BCUT2D eigenvalue weighted by Gasteiger charge is 2.47. The van der Waals surface area contributed by atoms with Crippen molar-refractivity contribution in [3.05, 3.63) is 36.2 Å². The molecule has 7 nitrogen and oxygen atoms in total. The van der Waals surface area contributed by atoms with Crippen LogP contribution >= 0.6 is 24.8 Å². The monoisotopic (exact) mass is 466 g/mol. The Morgan fingerprint density at radius 2 is 2.03 bits per heavy atom. The molecule has 3 aliphatic heterocycles. The molecule has 0 saturated carbocycles. The fraction of sp³-hybridized carbons (Fsp3) is 0.500. The number of rotatable bonds is 3. The Morgan fingerprint density at radius 1 is 1.23 bits per heavy atom. The zero-order valence-corrected chi connectivity index (χ0v) is 18.8. The number of nitrogens with zero attached hydrogens (tertiary/aromatic N) is 2. The summed E-state index contributed by atoms with van der Waals surface area (Å²) in [5.74, 6) is 0.746. The fourth-order valence-electron chi connectivity index (χ4n) is 5.53. The number of pyridine rings is 1. The SMILES string of the molecule is Cl.Cl.O=C(NC[C@H]1[C@@H]2CNC[C@@H](C2)[C@@H]2CCCC(=O)N21)c1ccc2cnccc2c1O. The number of hydrogen-bond acceptors (Lipinski definition) is 5. The van der Waals surface area contributed by atoms with Crippen molar-refractivity contribution >= 4 is 47.4 Å². The number of piperidine rings is 3. The maximum Gasteiger partial charge on any atom is 0.255 e. The number of carbonyl (C=O) groups is 2. The lowest BCUT2D eigenvalue weighted by atomic mass is 9.72. The molecule has 3 aliphatic rings. The summed E-state index contributed by atoms with van der Waals surface area (Å²) in [5, 5.41) is 18.5. The van der Waals surface area contributed by atoms with Crippen molar-refractivity contribution in [2.75, 3.05) is 19.6 Å². The van der Waals surface area contributed by atoms with Crippen LogP contribution in [0.15, 0.2) is 30.6 Å². The zero-order chi connectivity index (χ0) is 20.0. The third kappa shape index (κ3) is 4.19. The molecule has 1 aromatic heterocycles. The molecule has 0 radical (unpaired) electrons. The zero-order valence-electron chi connectivity index (χ0n) is 17.1. The van der Waals surface area contributed by atoms with Crippen molar-refractivity contribution in [2.45, 2.75) is 37.8 Å². The average Bonchev–Trinajstić information content (AvgIpc) is 2.74. The maximum atomic E-state index is 12.9. The predicted molar refractivity (Wildman–Crippen MR) is 123 cm³/mol. The van der Waals surface area contributed by atoms with E-state index in [-0.39, 0.29) is 60.0 Å². The first-order valence-electron chi connectivity index (χ1n) is 10.5. The van der Waals surface area contributed by atoms with Crippen molar-refractivity contribution in [1.82, 2.24) is 20.5 Å². The molecule has 5 rings (SSSR count). The second kappa shape index (κ2) is 9.59. The normalized spacial score (nSPS) is 27.0. The van der Waals surface area contributed by atoms with E-state index in [1.165, 1.54) is 0 Å². The number of phenols is 1. The lowest BCUT2D eigenvalue weighted by Crippen LogP contribution is -2.66. The maximum absolute atomic E-state index is 12.9. The van der Waals surface area contributed by atoms with E-state index in [9.17, 15) is 14.7 Å². The van der Waals surface area contributed by atoms with Gasteiger partial charge in [0.15, 0.2) is 0 Å². The predicted octanol–water partition coefficient (Wildman–Crippen LogP) is 2.50. The molecule has 2 amide bonds. The lowest BCUT2D eigenvalue weighted by molar-refractivity contribution is -0.148. The quantitative estimate of drug-likeness (QED) is 0.645. The molecule has 1 aromatic carbocycles. The summed E-state index contributed by atoms with van der Waals surface area (Å²) in [5.41, 5.74) is 0.251. The number of fused-ring (bicyclic) bond motifs is 5. The molecule has 3 N–H and O–H groups in total. The molecule has 168 valence electrons. The molecule has 2 aromatic rings. The van der Waals surface area contributed by atoms with Crippen molar-refractivity contribution in [1.29, 1.82) is 0 Å². The molecule has 3 saturated heterocycles. The van der Waals surface area contributed by atoms with Gasteiger partial charge in [0.1, 0.15) is 5.75 Å². The molecule has 4 heterocycles. The number of benzene rings is 1. The number of halogens is 2. The topological polar surface area (TPSA) is 94.6 Å². The van der Waals surface area contributed by atoms with Gasteiger partial charge in [-0.15, -0.1) is 24.8 Å². The number of aromatic nitrogens is 1. The van der Waals surface area contributed by atoms with Crippen LogP contribution in [0.4, 0.5) is 0 Å². The van der Waals surface area contributed by atoms with Gasteiger partial charge in [0.25, 0.3) is 5.91 Å². The van der Waals surface area contributed by atoms with Gasteiger partial charge in [0, 0.05) is 48.7 Å². The Morgan fingerprint density at radius 3 is 2.87 bits per heavy atom. The van der Waals surface area contributed by atoms with Crippen molar-refractivity contribution in [3.8, 4) is 5.75 Å². The standard InChI is InChI=1S/C22H26N4O3.2ClH/c27-20-3-1-2-18-14-8-15(11-24-10-14)19(26(18)20)12-25-22(29)17-5-4-13-9-23-7-6-16(13)21(17)28;;/h4-7,9,14-15,18-19,24,28H,1-3,8,10-12H2,(H,25,29);2*1H/t14-,15+,18+,19+;;/m1../s1. The molecule has 3 fully saturated rings. The van der Waals surface area contributed by atoms with Crippen LogP contribution in [-0.2, 0) is 4.79 Å². The summed E-state index contributed by atoms with van der Waals surface area (Å²) in [4.78, 5) is 31.7. The third-order valence-corrected chi connectivity index (χ3v) is 6.91. The molecular formula is C22H28Cl2N4O3. The van der Waals surface area contributed by atoms with Crippen molar-refractivity contribution < 1.29 is 14.7 Å². The van der Waals surface area contributed by atoms with E-state index in [1.807, 2.05) is 0 Å². The molecule has 4 atom stereocenters. The van der Waals surface area contributed by atoms with E-state index in [4.69, 9.17) is 0 Å². The van der Waals surface area contributed by atoms with Crippen molar-refractivity contribution in [3.63, 3.8) is 0 Å². The summed E-state index contributed by atoms with van der Waals surface area (Å²) >= 11 is 0. The van der Waals surface area contributed by atoms with Crippen LogP contribution in [0.2, 0.25) is 0 Å². The first kappa shape index (κ1) is 23.6. The van der Waals surface area contributed by atoms with Gasteiger partial charge in [-0.25, -0.2) is 0 Å². The van der Waals surface area contributed by atoms with Crippen molar-refractivity contribution in [2.24, 2.45) is 11.8 Å². The number of hydrogen-bond donors (Lipinski definition) is 3. The summed E-state index contributed by atoms with van der Waals surface area (Å²) in [6.07, 6.45) is 6.98. The van der Waals surface area contributed by atoms with Crippen LogP contribution in [0.3, 0.4) is 0 Å². The second-order valence-electron chi connectivity index (χ2n) is 8.51. The van der Waals surface area contributed by atoms with Gasteiger partial charge in [-0.1, -0.05) is 6.07 Å². The number of nitrogens with one attached hydrogen (secondary N) is 2. The van der Waals surface area contributed by atoms with Gasteiger partial charge in [0.2, 0.25) is 5.91 Å². The molecular weight excluding hydrogens is 439 g/mol. The summed E-state index contributed by atoms with van der Waals surface area (Å²) < 4.78 is 0. The minimum Gasteiger partial charge on any atom is -0.506 e. The van der Waals surface area contributed by atoms with Crippen LogP contribution in [-0.4, -0.2) is 58.5 Å². The van der Waals surface area contributed by atoms with Crippen LogP contribution < -0.4 is 10.6 Å². The van der Waals surface area contributed by atoms with E-state index in [2.05, 4.69) is 20.5 Å². The van der Waals surface area contributed by atoms with Crippen LogP contribution in [0.1, 0.15) is 36.0 Å². The second-order valence-corrected chi connectivity index (χ2v) is 8.51. The van der Waals surface area contributed by atoms with E-state index in [0.29, 0.717) is 30.2 Å². The molecule has 2 bridgehead atoms.